The van der Waals surface area contributed by atoms with Crippen molar-refractivity contribution in [1.82, 2.24) is 15.0 Å². The first-order chi connectivity index (χ1) is 13.1. The fourth-order valence-electron chi connectivity index (χ4n) is 3.11. The highest BCUT2D eigenvalue weighted by Gasteiger charge is 2.23. The molecule has 7 nitrogen and oxygen atoms in total. The standard InChI is InChI=1S/C20H20N4O3S/c1-9-14-10(2)21-18(20(3,4)5)24-17(14)28-15(9)16(25)22-11-6-7-13-12(8-11)23-19(26)27-13/h6-8H,1-5H3,(H,22,25)(H,23,26). The zero-order valence-corrected chi connectivity index (χ0v) is 17.1. The Kier molecular flexibility index (Phi) is 4.11. The van der Waals surface area contributed by atoms with Gasteiger partial charge in [-0.25, -0.2) is 14.8 Å². The van der Waals surface area contributed by atoms with E-state index < -0.39 is 5.76 Å². The monoisotopic (exact) mass is 396 g/mol. The lowest BCUT2D eigenvalue weighted by molar-refractivity contribution is 0.103. The molecular formula is C20H20N4O3S. The van der Waals surface area contributed by atoms with E-state index in [1.165, 1.54) is 11.3 Å². The molecule has 0 aliphatic heterocycles. The summed E-state index contributed by atoms with van der Waals surface area (Å²) in [5.41, 5.74) is 3.13. The number of aromatic nitrogens is 3. The Morgan fingerprint density at radius 1 is 1.21 bits per heavy atom. The van der Waals surface area contributed by atoms with E-state index in [0.717, 1.165) is 27.3 Å². The smallest absolute Gasteiger partial charge is 0.408 e. The minimum Gasteiger partial charge on any atom is -0.408 e. The van der Waals surface area contributed by atoms with Crippen LogP contribution in [-0.2, 0) is 5.41 Å². The van der Waals surface area contributed by atoms with Crippen LogP contribution in [-0.4, -0.2) is 20.9 Å². The zero-order valence-electron chi connectivity index (χ0n) is 16.3. The quantitative estimate of drug-likeness (QED) is 0.526. The molecular weight excluding hydrogens is 376 g/mol. The molecule has 144 valence electrons. The van der Waals surface area contributed by atoms with Gasteiger partial charge in [0.1, 0.15) is 10.7 Å². The number of fused-ring (bicyclic) bond motifs is 2. The third-order valence-electron chi connectivity index (χ3n) is 4.52. The Balaban J connectivity index is 1.72. The van der Waals surface area contributed by atoms with Crippen molar-refractivity contribution < 1.29 is 9.21 Å². The molecule has 8 heteroatoms. The van der Waals surface area contributed by atoms with Crippen LogP contribution >= 0.6 is 11.3 Å². The molecule has 28 heavy (non-hydrogen) atoms. The molecule has 0 spiro atoms. The van der Waals surface area contributed by atoms with Crippen molar-refractivity contribution in [2.24, 2.45) is 0 Å². The van der Waals surface area contributed by atoms with Crippen molar-refractivity contribution in [3.05, 3.63) is 50.7 Å². The predicted molar refractivity (Wildman–Crippen MR) is 110 cm³/mol. The fraction of sp³-hybridized carbons (Fsp3) is 0.300. The first kappa shape index (κ1) is 18.4. The van der Waals surface area contributed by atoms with Crippen LogP contribution in [0, 0.1) is 13.8 Å². The Bertz CT molecular complexity index is 1290. The summed E-state index contributed by atoms with van der Waals surface area (Å²) in [7, 11) is 0. The number of aromatic amines is 1. The highest BCUT2D eigenvalue weighted by Crippen LogP contribution is 2.33. The van der Waals surface area contributed by atoms with E-state index in [2.05, 4.69) is 36.1 Å². The molecule has 0 fully saturated rings. The number of benzene rings is 1. The summed E-state index contributed by atoms with van der Waals surface area (Å²) in [5, 5.41) is 3.81. The van der Waals surface area contributed by atoms with Crippen molar-refractivity contribution in [1.29, 1.82) is 0 Å². The third kappa shape index (κ3) is 3.09. The number of amides is 1. The number of hydrogen-bond donors (Lipinski definition) is 2. The lowest BCUT2D eigenvalue weighted by Gasteiger charge is -2.16. The molecule has 4 aromatic rings. The Labute approximate surface area is 164 Å². The van der Waals surface area contributed by atoms with Crippen LogP contribution in [0.15, 0.2) is 27.4 Å². The minimum atomic E-state index is -0.525. The van der Waals surface area contributed by atoms with Crippen LogP contribution < -0.4 is 11.1 Å². The molecule has 0 saturated heterocycles. The van der Waals surface area contributed by atoms with Crippen molar-refractivity contribution in [2.75, 3.05) is 5.32 Å². The average Bonchev–Trinajstić information content (AvgIpc) is 3.13. The van der Waals surface area contributed by atoms with Crippen LogP contribution in [0.2, 0.25) is 0 Å². The molecule has 0 unspecified atom stereocenters. The second-order valence-electron chi connectivity index (χ2n) is 7.80. The van der Waals surface area contributed by atoms with E-state index in [1.807, 2.05) is 13.8 Å². The number of thiophene rings is 1. The topological polar surface area (TPSA) is 101 Å². The minimum absolute atomic E-state index is 0.170. The van der Waals surface area contributed by atoms with Crippen LogP contribution in [0.3, 0.4) is 0 Å². The maximum Gasteiger partial charge on any atom is 0.417 e. The number of carbonyl (C=O) groups is 1. The third-order valence-corrected chi connectivity index (χ3v) is 5.71. The summed E-state index contributed by atoms with van der Waals surface area (Å²) < 4.78 is 4.99. The summed E-state index contributed by atoms with van der Waals surface area (Å²) in [5.74, 6) is 0.0185. The molecule has 0 atom stereocenters. The van der Waals surface area contributed by atoms with Gasteiger partial charge in [-0.15, -0.1) is 11.3 Å². The Morgan fingerprint density at radius 2 is 1.96 bits per heavy atom. The molecule has 2 N–H and O–H groups in total. The number of anilines is 1. The molecule has 0 radical (unpaired) electrons. The molecule has 4 rings (SSSR count). The summed E-state index contributed by atoms with van der Waals surface area (Å²) in [6, 6.07) is 5.01. The van der Waals surface area contributed by atoms with Gasteiger partial charge in [0.15, 0.2) is 5.58 Å². The molecule has 1 amide bonds. The molecule has 0 aliphatic carbocycles. The van der Waals surface area contributed by atoms with Crippen molar-refractivity contribution in [3.8, 4) is 0 Å². The number of nitrogens with zero attached hydrogens (tertiary/aromatic N) is 2. The van der Waals surface area contributed by atoms with E-state index in [4.69, 9.17) is 9.40 Å². The highest BCUT2D eigenvalue weighted by molar-refractivity contribution is 7.20. The SMILES string of the molecule is Cc1nc(C(C)(C)C)nc2sc(C(=O)Nc3ccc4oc(=O)[nH]c4c3)c(C)c12. The summed E-state index contributed by atoms with van der Waals surface area (Å²) in [6.45, 7) is 10.1. The highest BCUT2D eigenvalue weighted by atomic mass is 32.1. The number of oxazole rings is 1. The molecule has 1 aromatic carbocycles. The molecule has 3 aromatic heterocycles. The second kappa shape index (κ2) is 6.27. The van der Waals surface area contributed by atoms with Gasteiger partial charge in [0.25, 0.3) is 5.91 Å². The number of hydrogen-bond acceptors (Lipinski definition) is 6. The summed E-state index contributed by atoms with van der Waals surface area (Å²) in [6.07, 6.45) is 0. The number of H-pyrrole nitrogens is 1. The summed E-state index contributed by atoms with van der Waals surface area (Å²) >= 11 is 1.36. The van der Waals surface area contributed by atoms with E-state index >= 15 is 0 Å². The van der Waals surface area contributed by atoms with Crippen molar-refractivity contribution in [3.63, 3.8) is 0 Å². The summed E-state index contributed by atoms with van der Waals surface area (Å²) in [4.78, 5) is 37.5. The van der Waals surface area contributed by atoms with Gasteiger partial charge in [0, 0.05) is 16.5 Å². The first-order valence-electron chi connectivity index (χ1n) is 8.86. The lowest BCUT2D eigenvalue weighted by Crippen LogP contribution is -2.16. The van der Waals surface area contributed by atoms with Gasteiger partial charge >= 0.3 is 5.76 Å². The van der Waals surface area contributed by atoms with Gasteiger partial charge < -0.3 is 9.73 Å². The maximum atomic E-state index is 12.9. The largest absolute Gasteiger partial charge is 0.417 e. The molecule has 0 saturated carbocycles. The van der Waals surface area contributed by atoms with Gasteiger partial charge in [0.05, 0.1) is 16.1 Å². The lowest BCUT2D eigenvalue weighted by atomic mass is 9.95. The normalized spacial score (nSPS) is 12.0. The number of nitrogens with one attached hydrogen (secondary N) is 2. The van der Waals surface area contributed by atoms with E-state index in [1.54, 1.807) is 18.2 Å². The van der Waals surface area contributed by atoms with E-state index in [9.17, 15) is 9.59 Å². The van der Waals surface area contributed by atoms with Crippen molar-refractivity contribution >= 4 is 44.2 Å². The maximum absolute atomic E-state index is 12.9. The van der Waals surface area contributed by atoms with Crippen LogP contribution in [0.4, 0.5) is 5.69 Å². The van der Waals surface area contributed by atoms with E-state index in [0.29, 0.717) is 21.7 Å². The fourth-order valence-corrected chi connectivity index (χ4v) is 4.24. The number of carbonyl (C=O) groups excluding carboxylic acids is 1. The van der Waals surface area contributed by atoms with Gasteiger partial charge in [0.2, 0.25) is 0 Å². The number of rotatable bonds is 2. The average molecular weight is 396 g/mol. The van der Waals surface area contributed by atoms with Crippen LogP contribution in [0.25, 0.3) is 21.3 Å². The predicted octanol–water partition coefficient (Wildman–Crippen LogP) is 4.29. The Hall–Kier alpha value is -3.00. The Morgan fingerprint density at radius 3 is 2.68 bits per heavy atom. The first-order valence-corrected chi connectivity index (χ1v) is 9.67. The molecule has 3 heterocycles. The van der Waals surface area contributed by atoms with Crippen molar-refractivity contribution in [2.45, 2.75) is 40.0 Å². The van der Waals surface area contributed by atoms with Gasteiger partial charge in [-0.05, 0) is 37.6 Å². The zero-order chi connectivity index (χ0) is 20.2. The van der Waals surface area contributed by atoms with Crippen LogP contribution in [0.5, 0.6) is 0 Å². The number of aryl methyl sites for hydroxylation is 2. The van der Waals surface area contributed by atoms with Gasteiger partial charge in [-0.3, -0.25) is 9.78 Å². The molecule has 0 bridgehead atoms. The second-order valence-corrected chi connectivity index (χ2v) is 8.80. The van der Waals surface area contributed by atoms with Gasteiger partial charge in [-0.2, -0.15) is 0 Å². The van der Waals surface area contributed by atoms with Crippen LogP contribution in [0.1, 0.15) is 47.5 Å². The molecule has 0 aliphatic rings. The van der Waals surface area contributed by atoms with E-state index in [-0.39, 0.29) is 11.3 Å². The van der Waals surface area contributed by atoms with Gasteiger partial charge in [-0.1, -0.05) is 20.8 Å².